The molecule has 0 bridgehead atoms. The van der Waals surface area contributed by atoms with E-state index >= 15 is 0 Å². The molecule has 1 aliphatic heterocycles. The number of unbranched alkanes of at least 4 members (excludes halogenated alkanes) is 1. The quantitative estimate of drug-likeness (QED) is 0.321. The van der Waals surface area contributed by atoms with Crippen LogP contribution < -0.4 is 0 Å². The van der Waals surface area contributed by atoms with E-state index in [1.807, 2.05) is 20.8 Å². The second-order valence-electron chi connectivity index (χ2n) is 7.72. The highest BCUT2D eigenvalue weighted by Crippen LogP contribution is 2.15. The lowest BCUT2D eigenvalue weighted by Crippen LogP contribution is -2.50. The summed E-state index contributed by atoms with van der Waals surface area (Å²) in [6.45, 7) is 9.71. The Morgan fingerprint density at radius 3 is 2.54 bits per heavy atom. The Bertz CT molecular complexity index is 656. The second-order valence-corrected chi connectivity index (χ2v) is 7.72. The standard InChI is InChI=1S/C19H30N4O4.ClH/c1-19(2,3)27-18(25)23-12-10-22(11-13-23)9-5-4-6-15-7-8-17(24)16(21-15)14-20-26;/h7-8,14,24,26H,4-6,9-13H2,1-3H3;1H. The molecule has 1 fully saturated rings. The minimum atomic E-state index is -0.459. The van der Waals surface area contributed by atoms with Gasteiger partial charge in [-0.15, -0.1) is 12.4 Å². The van der Waals surface area contributed by atoms with Gasteiger partial charge in [-0.3, -0.25) is 4.90 Å². The Morgan fingerprint density at radius 1 is 1.25 bits per heavy atom. The fourth-order valence-electron chi connectivity index (χ4n) is 2.92. The van der Waals surface area contributed by atoms with Crippen LogP contribution in [0.2, 0.25) is 0 Å². The summed E-state index contributed by atoms with van der Waals surface area (Å²) in [5.74, 6) is -0.000548. The molecule has 2 heterocycles. The Hall–Kier alpha value is -2.06. The van der Waals surface area contributed by atoms with Crippen molar-refractivity contribution in [3.8, 4) is 5.75 Å². The first kappa shape index (κ1) is 24.0. The number of hydrogen-bond donors (Lipinski definition) is 2. The largest absolute Gasteiger partial charge is 0.506 e. The fourth-order valence-corrected chi connectivity index (χ4v) is 2.92. The van der Waals surface area contributed by atoms with Crippen LogP contribution >= 0.6 is 12.4 Å². The van der Waals surface area contributed by atoms with Gasteiger partial charge in [0.1, 0.15) is 17.0 Å². The fraction of sp³-hybridized carbons (Fsp3) is 0.632. The Labute approximate surface area is 172 Å². The minimum Gasteiger partial charge on any atom is -0.506 e. The third-order valence-electron chi connectivity index (χ3n) is 4.32. The summed E-state index contributed by atoms with van der Waals surface area (Å²) in [7, 11) is 0. The summed E-state index contributed by atoms with van der Waals surface area (Å²) < 4.78 is 5.41. The van der Waals surface area contributed by atoms with Gasteiger partial charge in [0.25, 0.3) is 0 Å². The topological polar surface area (TPSA) is 98.5 Å². The molecule has 1 amide bonds. The van der Waals surface area contributed by atoms with Gasteiger partial charge in [0.15, 0.2) is 0 Å². The summed E-state index contributed by atoms with van der Waals surface area (Å²) in [5, 5.41) is 21.1. The molecule has 0 unspecified atom stereocenters. The number of piperazine rings is 1. The van der Waals surface area contributed by atoms with Crippen LogP contribution in [0.25, 0.3) is 0 Å². The van der Waals surface area contributed by atoms with Crippen LogP contribution in [-0.2, 0) is 11.2 Å². The molecule has 2 N–H and O–H groups in total. The van der Waals surface area contributed by atoms with Crippen molar-refractivity contribution >= 4 is 24.7 Å². The molecule has 1 aromatic heterocycles. The van der Waals surface area contributed by atoms with E-state index in [0.717, 1.165) is 50.8 Å². The van der Waals surface area contributed by atoms with Gasteiger partial charge < -0.3 is 20.0 Å². The van der Waals surface area contributed by atoms with Crippen molar-refractivity contribution in [3.05, 3.63) is 23.5 Å². The van der Waals surface area contributed by atoms with Crippen molar-refractivity contribution in [1.29, 1.82) is 0 Å². The number of rotatable bonds is 6. The third kappa shape index (κ3) is 7.90. The van der Waals surface area contributed by atoms with Gasteiger partial charge in [0.2, 0.25) is 0 Å². The molecule has 0 atom stereocenters. The lowest BCUT2D eigenvalue weighted by Gasteiger charge is -2.35. The maximum absolute atomic E-state index is 12.1. The lowest BCUT2D eigenvalue weighted by molar-refractivity contribution is 0.0144. The Kier molecular flexibility index (Phi) is 9.48. The van der Waals surface area contributed by atoms with Crippen LogP contribution in [0.15, 0.2) is 17.3 Å². The average Bonchev–Trinajstić information content (AvgIpc) is 2.60. The molecule has 1 aliphatic rings. The van der Waals surface area contributed by atoms with Crippen molar-refractivity contribution in [1.82, 2.24) is 14.8 Å². The number of carbonyl (C=O) groups excluding carboxylic acids is 1. The molecule has 0 spiro atoms. The van der Waals surface area contributed by atoms with Crippen LogP contribution in [0, 0.1) is 0 Å². The van der Waals surface area contributed by atoms with Crippen LogP contribution in [0.5, 0.6) is 5.75 Å². The van der Waals surface area contributed by atoms with Crippen LogP contribution in [0.1, 0.15) is 45.0 Å². The molecular weight excluding hydrogens is 384 g/mol. The molecule has 1 saturated heterocycles. The number of amides is 1. The number of pyridine rings is 1. The number of hydrogen-bond acceptors (Lipinski definition) is 7. The highest BCUT2D eigenvalue weighted by atomic mass is 35.5. The molecule has 0 saturated carbocycles. The summed E-state index contributed by atoms with van der Waals surface area (Å²) in [6, 6.07) is 3.35. The van der Waals surface area contributed by atoms with Gasteiger partial charge >= 0.3 is 6.09 Å². The average molecular weight is 415 g/mol. The zero-order chi connectivity index (χ0) is 19.9. The normalized spacial score (nSPS) is 15.5. The summed E-state index contributed by atoms with van der Waals surface area (Å²) >= 11 is 0. The minimum absolute atomic E-state index is 0. The van der Waals surface area contributed by atoms with Gasteiger partial charge in [-0.2, -0.15) is 0 Å². The van der Waals surface area contributed by atoms with Crippen molar-refractivity contribution in [2.75, 3.05) is 32.7 Å². The van der Waals surface area contributed by atoms with Gasteiger partial charge in [-0.1, -0.05) is 5.16 Å². The number of halogens is 1. The van der Waals surface area contributed by atoms with Crippen LogP contribution in [0.4, 0.5) is 4.79 Å². The van der Waals surface area contributed by atoms with Gasteiger partial charge in [0.05, 0.1) is 6.21 Å². The number of carbonyl (C=O) groups is 1. The molecule has 8 nitrogen and oxygen atoms in total. The van der Waals surface area contributed by atoms with E-state index in [0.29, 0.717) is 13.1 Å². The van der Waals surface area contributed by atoms with Crippen molar-refractivity contribution in [2.24, 2.45) is 5.16 Å². The first-order valence-corrected chi connectivity index (χ1v) is 9.35. The van der Waals surface area contributed by atoms with Crippen molar-refractivity contribution in [3.63, 3.8) is 0 Å². The number of nitrogens with zero attached hydrogens (tertiary/aromatic N) is 4. The van der Waals surface area contributed by atoms with Gasteiger partial charge in [-0.05, 0) is 58.7 Å². The van der Waals surface area contributed by atoms with E-state index in [9.17, 15) is 9.90 Å². The maximum Gasteiger partial charge on any atom is 0.410 e. The Morgan fingerprint density at radius 2 is 1.93 bits per heavy atom. The maximum atomic E-state index is 12.1. The molecule has 2 rings (SSSR count). The predicted molar refractivity (Wildman–Crippen MR) is 110 cm³/mol. The molecule has 9 heteroatoms. The molecule has 158 valence electrons. The molecule has 0 aliphatic carbocycles. The first-order valence-electron chi connectivity index (χ1n) is 9.35. The summed E-state index contributed by atoms with van der Waals surface area (Å²) in [4.78, 5) is 20.5. The van der Waals surface area contributed by atoms with E-state index in [2.05, 4.69) is 15.0 Å². The molecular formula is C19H31ClN4O4. The van der Waals surface area contributed by atoms with E-state index in [4.69, 9.17) is 9.94 Å². The number of oxime groups is 1. The molecule has 28 heavy (non-hydrogen) atoms. The van der Waals surface area contributed by atoms with Crippen LogP contribution in [-0.4, -0.2) is 75.7 Å². The molecule has 0 aromatic carbocycles. The number of aromatic nitrogens is 1. The zero-order valence-electron chi connectivity index (χ0n) is 16.8. The number of aryl methyl sites for hydroxylation is 1. The third-order valence-corrected chi connectivity index (χ3v) is 4.32. The monoisotopic (exact) mass is 414 g/mol. The van der Waals surface area contributed by atoms with Gasteiger partial charge in [-0.25, -0.2) is 9.78 Å². The summed E-state index contributed by atoms with van der Waals surface area (Å²) in [6.07, 6.45) is 3.69. The van der Waals surface area contributed by atoms with E-state index < -0.39 is 5.60 Å². The van der Waals surface area contributed by atoms with E-state index in [1.54, 1.807) is 17.0 Å². The van der Waals surface area contributed by atoms with E-state index in [-0.39, 0.29) is 29.9 Å². The first-order chi connectivity index (χ1) is 12.8. The molecule has 0 radical (unpaired) electrons. The Balaban J connectivity index is 0.00000392. The van der Waals surface area contributed by atoms with Gasteiger partial charge in [0, 0.05) is 31.9 Å². The summed E-state index contributed by atoms with van der Waals surface area (Å²) in [5.41, 5.74) is 0.671. The molecule has 1 aromatic rings. The predicted octanol–water partition coefficient (Wildman–Crippen LogP) is 2.89. The van der Waals surface area contributed by atoms with Crippen molar-refractivity contribution in [2.45, 2.75) is 45.6 Å². The highest BCUT2D eigenvalue weighted by Gasteiger charge is 2.25. The van der Waals surface area contributed by atoms with Crippen molar-refractivity contribution < 1.29 is 19.8 Å². The SMILES string of the molecule is CC(C)(C)OC(=O)N1CCN(CCCCc2ccc(O)c(C=NO)n2)CC1.Cl. The highest BCUT2D eigenvalue weighted by molar-refractivity contribution is 5.85. The van der Waals surface area contributed by atoms with E-state index in [1.165, 1.54) is 0 Å². The zero-order valence-corrected chi connectivity index (χ0v) is 17.6. The number of aromatic hydroxyl groups is 1. The number of ether oxygens (including phenoxy) is 1. The second kappa shape index (κ2) is 11.1. The smallest absolute Gasteiger partial charge is 0.410 e. The van der Waals surface area contributed by atoms with Crippen LogP contribution in [0.3, 0.4) is 0 Å². The lowest BCUT2D eigenvalue weighted by atomic mass is 10.1.